The summed E-state index contributed by atoms with van der Waals surface area (Å²) in [6.45, 7) is 2.45. The number of hydrogen-bond acceptors (Lipinski definition) is 3. The Labute approximate surface area is 116 Å². The maximum atomic E-state index is 11.9. The number of halogens is 1. The third-order valence-corrected chi connectivity index (χ3v) is 3.41. The third kappa shape index (κ3) is 2.98. The van der Waals surface area contributed by atoms with Gasteiger partial charge in [-0.2, -0.15) is 0 Å². The maximum absolute atomic E-state index is 11.9. The molecule has 2 amide bonds. The lowest BCUT2D eigenvalue weighted by Crippen LogP contribution is -2.53. The van der Waals surface area contributed by atoms with Crippen LogP contribution in [0.15, 0.2) is 18.2 Å². The van der Waals surface area contributed by atoms with Crippen molar-refractivity contribution >= 4 is 29.1 Å². The molecule has 1 N–H and O–H groups in total. The molecule has 1 aromatic rings. The van der Waals surface area contributed by atoms with E-state index in [1.165, 1.54) is 14.0 Å². The Bertz CT molecular complexity index is 513. The molecule has 1 aromatic carbocycles. The molecule has 2 rings (SSSR count). The van der Waals surface area contributed by atoms with Gasteiger partial charge in [-0.25, -0.2) is 0 Å². The Kier molecular flexibility index (Phi) is 3.95. The highest BCUT2D eigenvalue weighted by Gasteiger charge is 2.34. The fourth-order valence-electron chi connectivity index (χ4n) is 1.89. The summed E-state index contributed by atoms with van der Waals surface area (Å²) in [7, 11) is 1.53. The number of methoxy groups -OCH3 is 1. The van der Waals surface area contributed by atoms with Gasteiger partial charge in [0.05, 0.1) is 18.1 Å². The van der Waals surface area contributed by atoms with Crippen molar-refractivity contribution < 1.29 is 14.3 Å². The summed E-state index contributed by atoms with van der Waals surface area (Å²) in [6.07, 6.45) is 0. The molecule has 0 saturated carbocycles. The van der Waals surface area contributed by atoms with E-state index in [-0.39, 0.29) is 17.7 Å². The lowest BCUT2D eigenvalue weighted by atomic mass is 9.99. The summed E-state index contributed by atoms with van der Waals surface area (Å²) in [5, 5.41) is 3.22. The van der Waals surface area contributed by atoms with Gasteiger partial charge in [-0.05, 0) is 18.2 Å². The maximum Gasteiger partial charge on any atom is 0.231 e. The molecule has 1 heterocycles. The minimum Gasteiger partial charge on any atom is -0.495 e. The predicted octanol–water partition coefficient (Wildman–Crippen LogP) is 1.77. The lowest BCUT2D eigenvalue weighted by Gasteiger charge is -2.37. The fraction of sp³-hybridized carbons (Fsp3) is 0.385. The van der Waals surface area contributed by atoms with Crippen LogP contribution in [0.4, 0.5) is 5.69 Å². The van der Waals surface area contributed by atoms with E-state index in [0.717, 1.165) is 0 Å². The summed E-state index contributed by atoms with van der Waals surface area (Å²) in [6, 6.07) is 5.06. The van der Waals surface area contributed by atoms with Crippen molar-refractivity contribution in [2.24, 2.45) is 5.92 Å². The Morgan fingerprint density at radius 2 is 2.11 bits per heavy atom. The van der Waals surface area contributed by atoms with Crippen LogP contribution in [0.3, 0.4) is 0 Å². The zero-order valence-electron chi connectivity index (χ0n) is 10.8. The second kappa shape index (κ2) is 5.48. The predicted molar refractivity (Wildman–Crippen MR) is 72.4 cm³/mol. The van der Waals surface area contributed by atoms with Crippen molar-refractivity contribution in [2.45, 2.75) is 6.92 Å². The first-order valence-corrected chi connectivity index (χ1v) is 6.29. The molecule has 0 aliphatic carbocycles. The van der Waals surface area contributed by atoms with Crippen molar-refractivity contribution in [3.63, 3.8) is 0 Å². The van der Waals surface area contributed by atoms with Crippen LogP contribution in [0.1, 0.15) is 6.92 Å². The van der Waals surface area contributed by atoms with Crippen molar-refractivity contribution in [3.8, 4) is 5.75 Å². The van der Waals surface area contributed by atoms with E-state index < -0.39 is 0 Å². The van der Waals surface area contributed by atoms with Crippen molar-refractivity contribution in [3.05, 3.63) is 23.2 Å². The zero-order chi connectivity index (χ0) is 14.0. The number of likely N-dealkylation sites (tertiary alicyclic amines) is 1. The number of anilines is 1. The number of benzene rings is 1. The monoisotopic (exact) mass is 282 g/mol. The molecule has 0 aromatic heterocycles. The van der Waals surface area contributed by atoms with Crippen molar-refractivity contribution in [1.82, 2.24) is 4.90 Å². The van der Waals surface area contributed by atoms with Gasteiger partial charge in [-0.15, -0.1) is 0 Å². The number of rotatable bonds is 3. The van der Waals surface area contributed by atoms with E-state index in [0.29, 0.717) is 29.5 Å². The first-order chi connectivity index (χ1) is 9.01. The normalized spacial score (nSPS) is 14.8. The number of carbonyl (C=O) groups is 2. The zero-order valence-corrected chi connectivity index (χ0v) is 11.5. The summed E-state index contributed by atoms with van der Waals surface area (Å²) < 4.78 is 5.04. The van der Waals surface area contributed by atoms with Gasteiger partial charge in [-0.1, -0.05) is 11.6 Å². The Morgan fingerprint density at radius 1 is 1.42 bits per heavy atom. The lowest BCUT2D eigenvalue weighted by molar-refractivity contribution is -0.139. The highest BCUT2D eigenvalue weighted by atomic mass is 35.5. The van der Waals surface area contributed by atoms with Gasteiger partial charge in [-0.3, -0.25) is 9.59 Å². The van der Waals surface area contributed by atoms with E-state index in [1.807, 2.05) is 0 Å². The molecular formula is C13H15ClN2O3. The minimum absolute atomic E-state index is 0.00320. The van der Waals surface area contributed by atoms with Gasteiger partial charge in [0, 0.05) is 25.7 Å². The molecule has 1 saturated heterocycles. The molecule has 1 aliphatic rings. The van der Waals surface area contributed by atoms with Crippen LogP contribution in [0, 0.1) is 5.92 Å². The van der Waals surface area contributed by atoms with E-state index in [1.54, 1.807) is 23.1 Å². The SMILES string of the molecule is COc1ccc(NC(=O)C2CN(C(C)=O)C2)cc1Cl. The Hall–Kier alpha value is -1.75. The summed E-state index contributed by atoms with van der Waals surface area (Å²) in [5.74, 6) is 0.311. The van der Waals surface area contributed by atoms with Crippen LogP contribution in [-0.2, 0) is 9.59 Å². The smallest absolute Gasteiger partial charge is 0.231 e. The fourth-order valence-corrected chi connectivity index (χ4v) is 2.15. The second-order valence-electron chi connectivity index (χ2n) is 4.46. The van der Waals surface area contributed by atoms with E-state index >= 15 is 0 Å². The largest absolute Gasteiger partial charge is 0.495 e. The molecule has 0 radical (unpaired) electrons. The summed E-state index contributed by atoms with van der Waals surface area (Å²) in [4.78, 5) is 24.6. The highest BCUT2D eigenvalue weighted by Crippen LogP contribution is 2.27. The van der Waals surface area contributed by atoms with Gasteiger partial charge in [0.25, 0.3) is 0 Å². The first-order valence-electron chi connectivity index (χ1n) is 5.91. The topological polar surface area (TPSA) is 58.6 Å². The minimum atomic E-state index is -0.148. The molecule has 0 bridgehead atoms. The van der Waals surface area contributed by atoms with Gasteiger partial charge in [0.15, 0.2) is 0 Å². The molecular weight excluding hydrogens is 268 g/mol. The number of carbonyl (C=O) groups excluding carboxylic acids is 2. The summed E-state index contributed by atoms with van der Waals surface area (Å²) >= 11 is 5.98. The molecule has 0 atom stereocenters. The Balaban J connectivity index is 1.93. The van der Waals surface area contributed by atoms with Gasteiger partial charge in [0.2, 0.25) is 11.8 Å². The quantitative estimate of drug-likeness (QED) is 0.919. The van der Waals surface area contributed by atoms with Crippen molar-refractivity contribution in [1.29, 1.82) is 0 Å². The number of amides is 2. The highest BCUT2D eigenvalue weighted by molar-refractivity contribution is 6.32. The average molecular weight is 283 g/mol. The molecule has 19 heavy (non-hydrogen) atoms. The van der Waals surface area contributed by atoms with E-state index in [2.05, 4.69) is 5.32 Å². The van der Waals surface area contributed by atoms with Crippen LogP contribution in [0.2, 0.25) is 5.02 Å². The van der Waals surface area contributed by atoms with Crippen LogP contribution in [0.25, 0.3) is 0 Å². The molecule has 1 fully saturated rings. The van der Waals surface area contributed by atoms with Gasteiger partial charge < -0.3 is 15.0 Å². The molecule has 102 valence electrons. The van der Waals surface area contributed by atoms with Crippen LogP contribution >= 0.6 is 11.6 Å². The first kappa shape index (κ1) is 13.7. The molecule has 1 aliphatic heterocycles. The Morgan fingerprint density at radius 3 is 2.63 bits per heavy atom. The van der Waals surface area contributed by atoms with Gasteiger partial charge >= 0.3 is 0 Å². The third-order valence-electron chi connectivity index (χ3n) is 3.12. The van der Waals surface area contributed by atoms with Crippen LogP contribution in [0.5, 0.6) is 5.75 Å². The van der Waals surface area contributed by atoms with Crippen LogP contribution in [-0.4, -0.2) is 36.9 Å². The van der Waals surface area contributed by atoms with E-state index in [9.17, 15) is 9.59 Å². The van der Waals surface area contributed by atoms with Gasteiger partial charge in [0.1, 0.15) is 5.75 Å². The average Bonchev–Trinajstić information content (AvgIpc) is 2.26. The van der Waals surface area contributed by atoms with Crippen LogP contribution < -0.4 is 10.1 Å². The molecule has 6 heteroatoms. The standard InChI is InChI=1S/C13H15ClN2O3/c1-8(17)16-6-9(7-16)13(18)15-10-3-4-12(19-2)11(14)5-10/h3-5,9H,6-7H2,1-2H3,(H,15,18). The number of nitrogens with one attached hydrogen (secondary N) is 1. The van der Waals surface area contributed by atoms with Crippen molar-refractivity contribution in [2.75, 3.05) is 25.5 Å². The second-order valence-corrected chi connectivity index (χ2v) is 4.87. The number of nitrogens with zero attached hydrogens (tertiary/aromatic N) is 1. The molecule has 0 spiro atoms. The number of hydrogen-bond donors (Lipinski definition) is 1. The van der Waals surface area contributed by atoms with E-state index in [4.69, 9.17) is 16.3 Å². The number of ether oxygens (including phenoxy) is 1. The molecule has 0 unspecified atom stereocenters. The molecule has 5 nitrogen and oxygen atoms in total. The summed E-state index contributed by atoms with van der Waals surface area (Å²) in [5.41, 5.74) is 0.622.